The van der Waals surface area contributed by atoms with Gasteiger partial charge in [0, 0.05) is 35.1 Å². The fraction of sp³-hybridized carbons (Fsp3) is 0.230. The summed E-state index contributed by atoms with van der Waals surface area (Å²) in [5.41, 5.74) is 4.08. The van der Waals surface area contributed by atoms with Gasteiger partial charge in [0.05, 0.1) is 44.7 Å². The summed E-state index contributed by atoms with van der Waals surface area (Å²) in [5, 5.41) is 26.2. The minimum absolute atomic E-state index is 0. The van der Waals surface area contributed by atoms with Crippen molar-refractivity contribution in [3.63, 3.8) is 0 Å². The van der Waals surface area contributed by atoms with Crippen LogP contribution in [0.3, 0.4) is 0 Å². The minimum atomic E-state index is -4.40. The zero-order chi connectivity index (χ0) is 74.1. The Labute approximate surface area is 595 Å². The number of nitriles is 2. The first-order chi connectivity index (χ1) is 47.5. The Balaban J connectivity index is 0.000000240. The molecule has 9 aromatic rings. The van der Waals surface area contributed by atoms with Gasteiger partial charge in [0.15, 0.2) is 10.6 Å². The number of hydrogen-bond acceptors (Lipinski definition) is 19. The number of hydrogen-bond donors (Lipinski definition) is 6. The van der Waals surface area contributed by atoms with Crippen LogP contribution >= 0.6 is 0 Å². The first-order valence-electron chi connectivity index (χ1n) is 30.7. The Morgan fingerprint density at radius 3 is 1.16 bits per heavy atom. The van der Waals surface area contributed by atoms with Crippen LogP contribution in [0.1, 0.15) is 86.4 Å². The SMILES string of the molecule is C.COc1ccc(-c2cccc(Oc3cc(C)c(C#N)cc3S(=O)(=O)NC(=O)NC(C)(C)C)c2)cc1.COc1ccc(-c2cccc(Oc3ccncc3S(=O)(=O)NC(=O)NC(C)(C)C)c2)cc1.COc1ccc(-c2cccc(Oc3ncc(C#N)cc3S(=O)(=O)NC(=O)NC(C)(C)C)c2)cc1. The molecular formula is C74H80N10O15S3. The smallest absolute Gasteiger partial charge is 0.329 e. The molecule has 0 unspecified atom stereocenters. The van der Waals surface area contributed by atoms with Crippen molar-refractivity contribution < 1.29 is 68.1 Å². The molecule has 0 bridgehead atoms. The van der Waals surface area contributed by atoms with Crippen molar-refractivity contribution in [1.82, 2.24) is 40.1 Å². The molecule has 6 N–H and O–H groups in total. The molecule has 0 saturated carbocycles. The number of pyridine rings is 2. The van der Waals surface area contributed by atoms with Gasteiger partial charge in [0.1, 0.15) is 56.1 Å². The summed E-state index contributed by atoms with van der Waals surface area (Å²) in [7, 11) is -8.19. The van der Waals surface area contributed by atoms with E-state index < -0.39 is 69.7 Å². The average molecular weight is 1450 g/mol. The summed E-state index contributed by atoms with van der Waals surface area (Å²) in [5.74, 6) is 3.09. The molecule has 7 aromatic carbocycles. The lowest BCUT2D eigenvalue weighted by molar-refractivity contribution is 0.236. The molecule has 2 heterocycles. The molecule has 0 aliphatic rings. The zero-order valence-electron chi connectivity index (χ0n) is 57.5. The van der Waals surface area contributed by atoms with E-state index in [9.17, 15) is 50.2 Å². The van der Waals surface area contributed by atoms with Crippen LogP contribution in [0.4, 0.5) is 14.4 Å². The first kappa shape index (κ1) is 79.3. The van der Waals surface area contributed by atoms with Crippen LogP contribution in [-0.4, -0.2) is 91.3 Å². The van der Waals surface area contributed by atoms with E-state index in [0.717, 1.165) is 62.9 Å². The van der Waals surface area contributed by atoms with Gasteiger partial charge in [-0.05, 0) is 199 Å². The highest BCUT2D eigenvalue weighted by Crippen LogP contribution is 2.36. The minimum Gasteiger partial charge on any atom is -0.497 e. The summed E-state index contributed by atoms with van der Waals surface area (Å²) in [6, 6.07) is 50.1. The number of carbonyl (C=O) groups is 3. The highest BCUT2D eigenvalue weighted by atomic mass is 32.2. The Hall–Kier alpha value is -11.7. The summed E-state index contributed by atoms with van der Waals surface area (Å²) >= 11 is 0. The van der Waals surface area contributed by atoms with Gasteiger partial charge in [-0.15, -0.1) is 0 Å². The molecule has 0 aliphatic carbocycles. The predicted molar refractivity (Wildman–Crippen MR) is 387 cm³/mol. The number of aryl methyl sites for hydroxylation is 1. The lowest BCUT2D eigenvalue weighted by Crippen LogP contribution is -2.48. The van der Waals surface area contributed by atoms with Gasteiger partial charge >= 0.3 is 18.1 Å². The van der Waals surface area contributed by atoms with Crippen molar-refractivity contribution in [3.05, 3.63) is 205 Å². The summed E-state index contributed by atoms with van der Waals surface area (Å²) in [6.07, 6.45) is 3.74. The molecule has 0 spiro atoms. The number of aromatic nitrogens is 2. The highest BCUT2D eigenvalue weighted by molar-refractivity contribution is 7.90. The van der Waals surface area contributed by atoms with Crippen molar-refractivity contribution >= 4 is 48.2 Å². The highest BCUT2D eigenvalue weighted by Gasteiger charge is 2.30. The second-order valence-corrected chi connectivity index (χ2v) is 30.1. The van der Waals surface area contributed by atoms with Gasteiger partial charge in [0.2, 0.25) is 5.88 Å². The fourth-order valence-corrected chi connectivity index (χ4v) is 12.1. The van der Waals surface area contributed by atoms with Gasteiger partial charge < -0.3 is 44.4 Å². The summed E-state index contributed by atoms with van der Waals surface area (Å²) < 4.78 is 117. The van der Waals surface area contributed by atoms with Gasteiger partial charge in [0.25, 0.3) is 30.1 Å². The number of ether oxygens (including phenoxy) is 6. The number of urea groups is 3. The number of benzene rings is 7. The molecule has 2 aromatic heterocycles. The maximum atomic E-state index is 13.1. The molecule has 534 valence electrons. The van der Waals surface area contributed by atoms with Crippen molar-refractivity contribution in [2.24, 2.45) is 0 Å². The van der Waals surface area contributed by atoms with E-state index in [1.807, 2.05) is 117 Å². The molecule has 0 saturated heterocycles. The van der Waals surface area contributed by atoms with Gasteiger partial charge in [-0.25, -0.2) is 58.8 Å². The van der Waals surface area contributed by atoms with E-state index in [-0.39, 0.29) is 45.7 Å². The molecule has 9 rings (SSSR count). The number of methoxy groups -OCH3 is 3. The fourth-order valence-electron chi connectivity index (χ4n) is 9.05. The Morgan fingerprint density at radius 1 is 0.412 bits per heavy atom. The monoisotopic (exact) mass is 1440 g/mol. The standard InChI is InChI=1S/C26H27N3O5S.C24H24N4O5S.C23H25N3O5S.CH4/c1-17-13-23(24(15-20(17)16-27)35(31,32)29-25(30)28-26(2,3)4)34-22-8-6-7-19(14-22)18-9-11-21(33-5)12-10-18;1-24(2,3)27-23(29)28-34(30,31)21-12-16(14-25)15-26-22(21)33-20-7-5-6-18(13-20)17-8-10-19(32-4)11-9-17;1-23(2,3)25-22(27)26-32(28,29)21-15-24-13-12-20(21)31-19-7-5-6-17(14-19)16-8-10-18(30-4)11-9-16;/h6-15H,1-5H3,(H2,28,29,30);5-13,15H,1-4H3,(H2,27,28,29);5-15H,1-4H3,(H2,25,26,27);1H4. The Kier molecular flexibility index (Phi) is 26.3. The average Bonchev–Trinajstić information content (AvgIpc) is 0.807. The topological polar surface area (TPSA) is 355 Å². The maximum absolute atomic E-state index is 13.1. The summed E-state index contributed by atoms with van der Waals surface area (Å²) in [4.78, 5) is 43.4. The van der Waals surface area contributed by atoms with Crippen LogP contribution in [0.5, 0.6) is 51.9 Å². The Bertz CT molecular complexity index is 4910. The third kappa shape index (κ3) is 23.2. The van der Waals surface area contributed by atoms with E-state index in [4.69, 9.17) is 28.4 Å². The molecular weight excluding hydrogens is 1370 g/mol. The van der Waals surface area contributed by atoms with E-state index in [1.165, 1.54) is 30.6 Å². The van der Waals surface area contributed by atoms with Crippen LogP contribution < -0.4 is 58.5 Å². The van der Waals surface area contributed by atoms with E-state index in [2.05, 4.69) is 25.9 Å². The van der Waals surface area contributed by atoms with Crippen LogP contribution in [0, 0.1) is 29.6 Å². The van der Waals surface area contributed by atoms with Crippen LogP contribution in [0.2, 0.25) is 0 Å². The molecule has 0 atom stereocenters. The maximum Gasteiger partial charge on any atom is 0.329 e. The number of sulfonamides is 3. The van der Waals surface area contributed by atoms with Gasteiger partial charge in [-0.2, -0.15) is 10.5 Å². The molecule has 102 heavy (non-hydrogen) atoms. The van der Waals surface area contributed by atoms with Crippen molar-refractivity contribution in [2.45, 2.75) is 108 Å². The summed E-state index contributed by atoms with van der Waals surface area (Å²) in [6.45, 7) is 17.2. The van der Waals surface area contributed by atoms with Crippen LogP contribution in [0.15, 0.2) is 203 Å². The molecule has 0 radical (unpaired) electrons. The van der Waals surface area contributed by atoms with Gasteiger partial charge in [-0.1, -0.05) is 80.2 Å². The lowest BCUT2D eigenvalue weighted by Gasteiger charge is -2.21. The van der Waals surface area contributed by atoms with Crippen molar-refractivity contribution in [1.29, 1.82) is 10.5 Å². The Morgan fingerprint density at radius 2 is 0.784 bits per heavy atom. The van der Waals surface area contributed by atoms with Crippen LogP contribution in [-0.2, 0) is 30.1 Å². The van der Waals surface area contributed by atoms with Crippen molar-refractivity contribution in [2.75, 3.05) is 21.3 Å². The normalized spacial score (nSPS) is 11.2. The molecule has 28 heteroatoms. The molecule has 6 amide bonds. The van der Waals surface area contributed by atoms with Gasteiger partial charge in [-0.3, -0.25) is 4.98 Å². The van der Waals surface area contributed by atoms with Crippen LogP contribution in [0.25, 0.3) is 33.4 Å². The third-order valence-electron chi connectivity index (χ3n) is 13.6. The number of amides is 6. The third-order valence-corrected chi connectivity index (χ3v) is 17.6. The lowest BCUT2D eigenvalue weighted by atomic mass is 10.1. The quantitative estimate of drug-likeness (QED) is 0.0465. The molecule has 0 fully saturated rings. The largest absolute Gasteiger partial charge is 0.497 e. The predicted octanol–water partition coefficient (Wildman–Crippen LogP) is 14.3. The second kappa shape index (κ2) is 33.9. The number of rotatable bonds is 18. The van der Waals surface area contributed by atoms with E-state index >= 15 is 0 Å². The zero-order valence-corrected chi connectivity index (χ0v) is 60.0. The first-order valence-corrected chi connectivity index (χ1v) is 35.2. The van der Waals surface area contributed by atoms with Crippen molar-refractivity contribution in [3.8, 4) is 97.4 Å². The number of nitrogens with one attached hydrogen (secondary N) is 6. The van der Waals surface area contributed by atoms with E-state index in [1.54, 1.807) is 145 Å². The second-order valence-electron chi connectivity index (χ2n) is 25.2. The molecule has 0 aliphatic heterocycles. The number of nitrogens with zero attached hydrogens (tertiary/aromatic N) is 4. The molecule has 25 nitrogen and oxygen atoms in total. The van der Waals surface area contributed by atoms with E-state index in [0.29, 0.717) is 22.8 Å². The number of carbonyl (C=O) groups excluding carboxylic acids is 3.